The Morgan fingerprint density at radius 2 is 2.00 bits per heavy atom. The van der Waals surface area contributed by atoms with Crippen LogP contribution >= 0.6 is 0 Å². The third kappa shape index (κ3) is 7.17. The fourth-order valence-corrected chi connectivity index (χ4v) is 4.08. The molecule has 164 valence electrons. The van der Waals surface area contributed by atoms with Crippen LogP contribution in [0.4, 0.5) is 0 Å². The summed E-state index contributed by atoms with van der Waals surface area (Å²) in [6.07, 6.45) is 10.3. The largest absolute Gasteiger partial charge is 0.357 e. The summed E-state index contributed by atoms with van der Waals surface area (Å²) in [7, 11) is 0. The minimum absolute atomic E-state index is 0.665. The Morgan fingerprint density at radius 1 is 1.13 bits per heavy atom. The van der Waals surface area contributed by atoms with Crippen LogP contribution in [0.25, 0.3) is 0 Å². The number of nitrogens with one attached hydrogen (secondary N) is 2. The van der Waals surface area contributed by atoms with Gasteiger partial charge >= 0.3 is 0 Å². The van der Waals surface area contributed by atoms with Gasteiger partial charge in [-0.2, -0.15) is 5.10 Å². The SMILES string of the molecule is CCNC(=NCc1ccccc1Cn1cccn1)NCCCCN1CCCCC1C. The first-order chi connectivity index (χ1) is 14.8. The maximum atomic E-state index is 4.83. The summed E-state index contributed by atoms with van der Waals surface area (Å²) in [5.74, 6) is 0.901. The second-order valence-electron chi connectivity index (χ2n) is 8.18. The van der Waals surface area contributed by atoms with Crippen molar-refractivity contribution in [3.8, 4) is 0 Å². The molecule has 6 nitrogen and oxygen atoms in total. The number of aliphatic imine (C=N–C) groups is 1. The summed E-state index contributed by atoms with van der Waals surface area (Å²) >= 11 is 0. The average molecular weight is 411 g/mol. The normalized spacial score (nSPS) is 17.8. The van der Waals surface area contributed by atoms with E-state index in [0.717, 1.165) is 31.6 Å². The van der Waals surface area contributed by atoms with Crippen molar-refractivity contribution in [3.63, 3.8) is 0 Å². The van der Waals surface area contributed by atoms with Gasteiger partial charge in [0.15, 0.2) is 5.96 Å². The van der Waals surface area contributed by atoms with Crippen molar-refractivity contribution in [1.29, 1.82) is 0 Å². The van der Waals surface area contributed by atoms with Gasteiger partial charge in [0, 0.05) is 31.5 Å². The average Bonchev–Trinajstić information content (AvgIpc) is 3.27. The molecule has 0 spiro atoms. The van der Waals surface area contributed by atoms with Crippen LogP contribution in [0, 0.1) is 0 Å². The van der Waals surface area contributed by atoms with Crippen molar-refractivity contribution in [2.45, 2.75) is 65.1 Å². The van der Waals surface area contributed by atoms with E-state index >= 15 is 0 Å². The van der Waals surface area contributed by atoms with Crippen molar-refractivity contribution in [2.24, 2.45) is 4.99 Å². The van der Waals surface area contributed by atoms with Crippen molar-refractivity contribution < 1.29 is 0 Å². The molecule has 2 aromatic rings. The van der Waals surface area contributed by atoms with Gasteiger partial charge in [-0.05, 0) is 69.8 Å². The van der Waals surface area contributed by atoms with Crippen molar-refractivity contribution in [2.75, 3.05) is 26.2 Å². The molecular weight excluding hydrogens is 372 g/mol. The maximum Gasteiger partial charge on any atom is 0.191 e. The number of rotatable bonds is 10. The van der Waals surface area contributed by atoms with Crippen molar-refractivity contribution >= 4 is 5.96 Å². The molecule has 1 saturated heterocycles. The van der Waals surface area contributed by atoms with Crippen LogP contribution in [-0.4, -0.2) is 52.9 Å². The smallest absolute Gasteiger partial charge is 0.191 e. The van der Waals surface area contributed by atoms with E-state index in [1.807, 2.05) is 23.1 Å². The fraction of sp³-hybridized carbons (Fsp3) is 0.583. The highest BCUT2D eigenvalue weighted by atomic mass is 15.3. The predicted octanol–water partition coefficient (Wildman–Crippen LogP) is 3.64. The van der Waals surface area contributed by atoms with Crippen LogP contribution in [0.5, 0.6) is 0 Å². The van der Waals surface area contributed by atoms with Crippen LogP contribution < -0.4 is 10.6 Å². The van der Waals surface area contributed by atoms with Gasteiger partial charge in [0.25, 0.3) is 0 Å². The van der Waals surface area contributed by atoms with Crippen molar-refractivity contribution in [3.05, 3.63) is 53.9 Å². The highest BCUT2D eigenvalue weighted by molar-refractivity contribution is 5.79. The summed E-state index contributed by atoms with van der Waals surface area (Å²) in [5, 5.41) is 11.2. The molecule has 0 bridgehead atoms. The number of guanidine groups is 1. The maximum absolute atomic E-state index is 4.83. The first-order valence-electron chi connectivity index (χ1n) is 11.6. The Morgan fingerprint density at radius 3 is 2.77 bits per heavy atom. The number of likely N-dealkylation sites (tertiary alicyclic amines) is 1. The van der Waals surface area contributed by atoms with Gasteiger partial charge in [0.05, 0.1) is 13.1 Å². The van der Waals surface area contributed by atoms with E-state index in [-0.39, 0.29) is 0 Å². The van der Waals surface area contributed by atoms with Crippen LogP contribution in [0.2, 0.25) is 0 Å². The van der Waals surface area contributed by atoms with Gasteiger partial charge in [0.1, 0.15) is 0 Å². The molecule has 2 heterocycles. The fourth-order valence-electron chi connectivity index (χ4n) is 4.08. The van der Waals surface area contributed by atoms with Gasteiger partial charge in [-0.25, -0.2) is 4.99 Å². The van der Waals surface area contributed by atoms with Gasteiger partial charge in [-0.1, -0.05) is 30.7 Å². The Labute approximate surface area is 181 Å². The predicted molar refractivity (Wildman–Crippen MR) is 125 cm³/mol. The second-order valence-corrected chi connectivity index (χ2v) is 8.18. The van der Waals surface area contributed by atoms with Gasteiger partial charge in [-0.3, -0.25) is 4.68 Å². The molecule has 0 aliphatic carbocycles. The zero-order valence-corrected chi connectivity index (χ0v) is 18.7. The zero-order chi connectivity index (χ0) is 21.0. The monoisotopic (exact) mass is 410 g/mol. The van der Waals surface area contributed by atoms with Gasteiger partial charge in [0.2, 0.25) is 0 Å². The molecule has 1 unspecified atom stereocenters. The van der Waals surface area contributed by atoms with Crippen LogP contribution in [-0.2, 0) is 13.1 Å². The molecule has 1 fully saturated rings. The highest BCUT2D eigenvalue weighted by Crippen LogP contribution is 2.16. The number of hydrogen-bond donors (Lipinski definition) is 2. The Bertz CT molecular complexity index is 755. The minimum Gasteiger partial charge on any atom is -0.357 e. The summed E-state index contributed by atoms with van der Waals surface area (Å²) in [4.78, 5) is 7.48. The van der Waals surface area contributed by atoms with E-state index in [2.05, 4.69) is 58.7 Å². The molecule has 0 amide bonds. The lowest BCUT2D eigenvalue weighted by Crippen LogP contribution is -2.39. The molecule has 30 heavy (non-hydrogen) atoms. The standard InChI is InChI=1S/C24H38N6/c1-3-25-24(26-14-7-9-17-29-16-8-6-11-21(29)2)27-19-22-12-4-5-13-23(22)20-30-18-10-15-28-30/h4-5,10,12-13,15,18,21H,3,6-9,11,14,16-17,19-20H2,1-2H3,(H2,25,26,27). The molecule has 6 heteroatoms. The number of aromatic nitrogens is 2. The van der Waals surface area contributed by atoms with E-state index in [4.69, 9.17) is 4.99 Å². The zero-order valence-electron chi connectivity index (χ0n) is 18.7. The Kier molecular flexibility index (Phi) is 9.22. The van der Waals surface area contributed by atoms with E-state index in [1.54, 1.807) is 0 Å². The molecule has 0 radical (unpaired) electrons. The molecule has 1 aliphatic heterocycles. The molecule has 1 aromatic carbocycles. The van der Waals surface area contributed by atoms with E-state index in [9.17, 15) is 0 Å². The lowest BCUT2D eigenvalue weighted by Gasteiger charge is -2.33. The van der Waals surface area contributed by atoms with Crippen LogP contribution in [0.3, 0.4) is 0 Å². The molecule has 2 N–H and O–H groups in total. The van der Waals surface area contributed by atoms with Crippen LogP contribution in [0.15, 0.2) is 47.7 Å². The van der Waals surface area contributed by atoms with Crippen molar-refractivity contribution in [1.82, 2.24) is 25.3 Å². The molecular formula is C24H38N6. The molecule has 3 rings (SSSR count). The molecule has 0 saturated carbocycles. The number of benzene rings is 1. The third-order valence-corrected chi connectivity index (χ3v) is 5.87. The third-order valence-electron chi connectivity index (χ3n) is 5.87. The molecule has 1 aromatic heterocycles. The number of nitrogens with zero attached hydrogens (tertiary/aromatic N) is 4. The lowest BCUT2D eigenvalue weighted by atomic mass is 10.0. The topological polar surface area (TPSA) is 57.5 Å². The summed E-state index contributed by atoms with van der Waals surface area (Å²) < 4.78 is 1.95. The van der Waals surface area contributed by atoms with Gasteiger partial charge in [-0.15, -0.1) is 0 Å². The Hall–Kier alpha value is -2.34. The van der Waals surface area contributed by atoms with Crippen LogP contribution in [0.1, 0.15) is 57.1 Å². The first kappa shape index (κ1) is 22.3. The molecule has 1 atom stereocenters. The quantitative estimate of drug-likeness (QED) is 0.357. The first-order valence-corrected chi connectivity index (χ1v) is 11.6. The lowest BCUT2D eigenvalue weighted by molar-refractivity contribution is 0.158. The van der Waals surface area contributed by atoms with E-state index < -0.39 is 0 Å². The Balaban J connectivity index is 1.46. The number of piperidine rings is 1. The summed E-state index contributed by atoms with van der Waals surface area (Å²) in [6, 6.07) is 11.2. The summed E-state index contributed by atoms with van der Waals surface area (Å²) in [5.41, 5.74) is 2.50. The number of hydrogen-bond acceptors (Lipinski definition) is 3. The molecule has 1 aliphatic rings. The second kappa shape index (κ2) is 12.4. The van der Waals surface area contributed by atoms with E-state index in [1.165, 1.54) is 56.3 Å². The number of unbranched alkanes of at least 4 members (excludes halogenated alkanes) is 1. The van der Waals surface area contributed by atoms with E-state index in [0.29, 0.717) is 6.54 Å². The van der Waals surface area contributed by atoms with Gasteiger partial charge < -0.3 is 15.5 Å². The summed E-state index contributed by atoms with van der Waals surface area (Å²) in [6.45, 7) is 10.2. The minimum atomic E-state index is 0.665. The highest BCUT2D eigenvalue weighted by Gasteiger charge is 2.16.